The van der Waals surface area contributed by atoms with Gasteiger partial charge in [-0.25, -0.2) is 0 Å². The molecule has 0 spiro atoms. The molecule has 25 heavy (non-hydrogen) atoms. The number of carbonyl (C=O) groups is 3. The van der Waals surface area contributed by atoms with Crippen molar-refractivity contribution in [2.24, 2.45) is 5.41 Å². The molecular formula is C20H22O5. The first-order valence-corrected chi connectivity index (χ1v) is 8.42. The molecule has 1 saturated carbocycles. The van der Waals surface area contributed by atoms with Gasteiger partial charge in [0, 0.05) is 23.5 Å². The van der Waals surface area contributed by atoms with E-state index in [2.05, 4.69) is 0 Å². The first-order chi connectivity index (χ1) is 11.8. The van der Waals surface area contributed by atoms with E-state index >= 15 is 0 Å². The number of esters is 2. The van der Waals surface area contributed by atoms with Crippen LogP contribution in [-0.2, 0) is 24.5 Å². The lowest BCUT2D eigenvalue weighted by Gasteiger charge is -2.49. The molecule has 0 saturated heterocycles. The third kappa shape index (κ3) is 2.41. The van der Waals surface area contributed by atoms with Crippen LogP contribution in [0.15, 0.2) is 35.6 Å². The summed E-state index contributed by atoms with van der Waals surface area (Å²) in [6.07, 6.45) is 2.12. The van der Waals surface area contributed by atoms with Crippen LogP contribution in [0.1, 0.15) is 56.0 Å². The SMILES string of the molecule is COC(=O)[C@]1(C)CCCC2(C)C1=C(OC(C)=O)C(=O)c1ccccc12. The number of carbonyl (C=O) groups excluding carboxylic acids is 3. The van der Waals surface area contributed by atoms with E-state index in [-0.39, 0.29) is 11.5 Å². The lowest BCUT2D eigenvalue weighted by molar-refractivity contribution is -0.152. The highest BCUT2D eigenvalue weighted by Crippen LogP contribution is 2.57. The van der Waals surface area contributed by atoms with E-state index in [0.717, 1.165) is 18.4 Å². The fourth-order valence-corrected chi connectivity index (χ4v) is 4.49. The highest BCUT2D eigenvalue weighted by atomic mass is 16.5. The van der Waals surface area contributed by atoms with Gasteiger partial charge in [0.25, 0.3) is 0 Å². The standard InChI is InChI=1S/C20H22O5/c1-12(21)25-16-15(22)13-8-5-6-9-14(13)19(2)10-7-11-20(3,17(16)19)18(23)24-4/h5-6,8-9H,7,10-11H2,1-4H3/t19?,20-/m1/s1. The molecule has 5 heteroatoms. The van der Waals surface area contributed by atoms with Crippen LogP contribution < -0.4 is 0 Å². The Kier molecular flexibility index (Phi) is 4.06. The predicted molar refractivity (Wildman–Crippen MR) is 90.9 cm³/mol. The number of Topliss-reactive ketones (excluding diaryl/α,β-unsaturated/α-hetero) is 1. The Hall–Kier alpha value is -2.43. The summed E-state index contributed by atoms with van der Waals surface area (Å²) >= 11 is 0. The molecule has 2 aliphatic carbocycles. The number of hydrogen-bond acceptors (Lipinski definition) is 5. The zero-order chi connectivity index (χ0) is 18.4. The number of rotatable bonds is 2. The zero-order valence-electron chi connectivity index (χ0n) is 15.0. The van der Waals surface area contributed by atoms with Crippen LogP contribution in [-0.4, -0.2) is 24.8 Å². The molecule has 3 rings (SSSR count). The molecule has 1 fully saturated rings. The summed E-state index contributed by atoms with van der Waals surface area (Å²) in [7, 11) is 1.34. The highest BCUT2D eigenvalue weighted by Gasteiger charge is 2.56. The van der Waals surface area contributed by atoms with E-state index in [4.69, 9.17) is 9.47 Å². The van der Waals surface area contributed by atoms with Gasteiger partial charge in [-0.15, -0.1) is 0 Å². The molecular weight excluding hydrogens is 320 g/mol. The molecule has 0 radical (unpaired) electrons. The quantitative estimate of drug-likeness (QED) is 0.771. The minimum Gasteiger partial charge on any atom is -0.468 e. The van der Waals surface area contributed by atoms with Gasteiger partial charge in [0.1, 0.15) is 0 Å². The second-order valence-corrected chi connectivity index (χ2v) is 7.18. The van der Waals surface area contributed by atoms with E-state index in [1.807, 2.05) is 19.1 Å². The fourth-order valence-electron chi connectivity index (χ4n) is 4.49. The summed E-state index contributed by atoms with van der Waals surface area (Å²) in [5.74, 6) is -1.35. The number of ketones is 1. The summed E-state index contributed by atoms with van der Waals surface area (Å²) in [5, 5.41) is 0. The van der Waals surface area contributed by atoms with E-state index < -0.39 is 22.8 Å². The van der Waals surface area contributed by atoms with Gasteiger partial charge in [0.05, 0.1) is 12.5 Å². The van der Waals surface area contributed by atoms with E-state index in [9.17, 15) is 14.4 Å². The maximum atomic E-state index is 13.1. The number of fused-ring (bicyclic) bond motifs is 3. The Morgan fingerprint density at radius 1 is 1.12 bits per heavy atom. The van der Waals surface area contributed by atoms with E-state index in [1.54, 1.807) is 19.1 Å². The van der Waals surface area contributed by atoms with Crippen molar-refractivity contribution in [3.63, 3.8) is 0 Å². The average Bonchev–Trinajstić information content (AvgIpc) is 2.58. The van der Waals surface area contributed by atoms with Crippen LogP contribution in [0.3, 0.4) is 0 Å². The predicted octanol–water partition coefficient (Wildman–Crippen LogP) is 3.32. The van der Waals surface area contributed by atoms with Crippen molar-refractivity contribution in [3.8, 4) is 0 Å². The number of ether oxygens (including phenoxy) is 2. The van der Waals surface area contributed by atoms with Crippen molar-refractivity contribution in [1.29, 1.82) is 0 Å². The molecule has 1 aromatic carbocycles. The van der Waals surface area contributed by atoms with Crippen molar-refractivity contribution in [2.75, 3.05) is 7.11 Å². The smallest absolute Gasteiger partial charge is 0.315 e. The van der Waals surface area contributed by atoms with Crippen LogP contribution in [0.4, 0.5) is 0 Å². The Bertz CT molecular complexity index is 806. The van der Waals surface area contributed by atoms with Crippen LogP contribution in [0.2, 0.25) is 0 Å². The van der Waals surface area contributed by atoms with Gasteiger partial charge < -0.3 is 9.47 Å². The Labute approximate surface area is 147 Å². The summed E-state index contributed by atoms with van der Waals surface area (Å²) in [4.78, 5) is 37.4. The summed E-state index contributed by atoms with van der Waals surface area (Å²) in [5.41, 5.74) is 0.406. The monoisotopic (exact) mass is 342 g/mol. The Morgan fingerprint density at radius 2 is 1.80 bits per heavy atom. The number of methoxy groups -OCH3 is 1. The topological polar surface area (TPSA) is 69.7 Å². The van der Waals surface area contributed by atoms with Gasteiger partial charge >= 0.3 is 11.9 Å². The number of allylic oxidation sites excluding steroid dienone is 1. The minimum atomic E-state index is -1.00. The van der Waals surface area contributed by atoms with E-state index in [1.165, 1.54) is 14.0 Å². The minimum absolute atomic E-state index is 0.0127. The van der Waals surface area contributed by atoms with E-state index in [0.29, 0.717) is 17.6 Å². The maximum absolute atomic E-state index is 13.1. The molecule has 0 heterocycles. The van der Waals surface area contributed by atoms with Crippen LogP contribution in [0, 0.1) is 5.41 Å². The number of benzene rings is 1. The van der Waals surface area contributed by atoms with Crippen molar-refractivity contribution in [1.82, 2.24) is 0 Å². The van der Waals surface area contributed by atoms with Gasteiger partial charge in [0.15, 0.2) is 5.76 Å². The van der Waals surface area contributed by atoms with Crippen molar-refractivity contribution >= 4 is 17.7 Å². The van der Waals surface area contributed by atoms with Crippen molar-refractivity contribution in [3.05, 3.63) is 46.7 Å². The molecule has 0 bridgehead atoms. The molecule has 2 aliphatic rings. The number of hydrogen-bond donors (Lipinski definition) is 0. The third-order valence-electron chi connectivity index (χ3n) is 5.54. The molecule has 1 aromatic rings. The second kappa shape index (κ2) is 5.83. The first-order valence-electron chi connectivity index (χ1n) is 8.42. The van der Waals surface area contributed by atoms with Crippen LogP contribution >= 0.6 is 0 Å². The summed E-state index contributed by atoms with van der Waals surface area (Å²) in [6.45, 7) is 5.05. The normalized spacial score (nSPS) is 28.1. The molecule has 2 atom stereocenters. The average molecular weight is 342 g/mol. The molecule has 0 aromatic heterocycles. The van der Waals surface area contributed by atoms with Gasteiger partial charge in [0.2, 0.25) is 5.78 Å². The van der Waals surface area contributed by atoms with Crippen molar-refractivity contribution in [2.45, 2.75) is 45.4 Å². The van der Waals surface area contributed by atoms with Gasteiger partial charge in [-0.3, -0.25) is 14.4 Å². The van der Waals surface area contributed by atoms with Crippen LogP contribution in [0.5, 0.6) is 0 Å². The molecule has 5 nitrogen and oxygen atoms in total. The second-order valence-electron chi connectivity index (χ2n) is 7.18. The first kappa shape index (κ1) is 17.4. The summed E-state index contributed by atoms with van der Waals surface area (Å²) < 4.78 is 10.4. The largest absolute Gasteiger partial charge is 0.468 e. The zero-order valence-corrected chi connectivity index (χ0v) is 15.0. The molecule has 132 valence electrons. The van der Waals surface area contributed by atoms with Gasteiger partial charge in [-0.05, 0) is 25.3 Å². The highest BCUT2D eigenvalue weighted by molar-refractivity contribution is 6.12. The third-order valence-corrected chi connectivity index (χ3v) is 5.54. The van der Waals surface area contributed by atoms with Crippen molar-refractivity contribution < 1.29 is 23.9 Å². The maximum Gasteiger partial charge on any atom is 0.315 e. The van der Waals surface area contributed by atoms with Crippen LogP contribution in [0.25, 0.3) is 0 Å². The lowest BCUT2D eigenvalue weighted by Crippen LogP contribution is -2.48. The Morgan fingerprint density at radius 3 is 2.44 bits per heavy atom. The molecule has 0 N–H and O–H groups in total. The summed E-state index contributed by atoms with van der Waals surface area (Å²) in [6, 6.07) is 7.34. The molecule has 0 aliphatic heterocycles. The lowest BCUT2D eigenvalue weighted by atomic mass is 9.54. The Balaban J connectivity index is 2.35. The van der Waals surface area contributed by atoms with Gasteiger partial charge in [-0.1, -0.05) is 37.6 Å². The molecule has 0 amide bonds. The molecule has 1 unspecified atom stereocenters. The van der Waals surface area contributed by atoms with Gasteiger partial charge in [-0.2, -0.15) is 0 Å². The fraction of sp³-hybridized carbons (Fsp3) is 0.450.